The standard InChI is InChI=1S/C26H24N4O2/c1-18-8-10-20(11-9-18)24-27-16-23(26(31)28-15-22-7-4-14-32-22)25(29-24)30-13-12-19-5-2-3-6-21(19)17-30/h2-11,14,16H,12-13,15,17H2,1H3,(H,28,31). The Morgan fingerprint density at radius 1 is 1.06 bits per heavy atom. The number of amides is 1. The van der Waals surface area contributed by atoms with Crippen molar-refractivity contribution in [3.63, 3.8) is 0 Å². The molecule has 6 heteroatoms. The van der Waals surface area contributed by atoms with E-state index < -0.39 is 0 Å². The molecule has 4 aromatic rings. The zero-order chi connectivity index (χ0) is 21.9. The lowest BCUT2D eigenvalue weighted by Gasteiger charge is -2.31. The van der Waals surface area contributed by atoms with Crippen molar-refractivity contribution in [3.05, 3.63) is 101 Å². The summed E-state index contributed by atoms with van der Waals surface area (Å²) in [4.78, 5) is 24.6. The van der Waals surface area contributed by atoms with Crippen molar-refractivity contribution >= 4 is 11.7 Å². The highest BCUT2D eigenvalue weighted by Crippen LogP contribution is 2.28. The summed E-state index contributed by atoms with van der Waals surface area (Å²) in [6.07, 6.45) is 4.14. The SMILES string of the molecule is Cc1ccc(-c2ncc(C(=O)NCc3ccco3)c(N3CCc4ccccc4C3)n2)cc1. The number of furan rings is 1. The highest BCUT2D eigenvalue weighted by molar-refractivity contribution is 5.98. The van der Waals surface area contributed by atoms with Crippen LogP contribution in [0.25, 0.3) is 11.4 Å². The molecule has 32 heavy (non-hydrogen) atoms. The molecule has 0 radical (unpaired) electrons. The number of rotatable bonds is 5. The summed E-state index contributed by atoms with van der Waals surface area (Å²) >= 11 is 0. The maximum atomic E-state index is 13.1. The van der Waals surface area contributed by atoms with E-state index in [1.165, 1.54) is 16.7 Å². The Morgan fingerprint density at radius 3 is 2.66 bits per heavy atom. The van der Waals surface area contributed by atoms with Crippen molar-refractivity contribution in [1.29, 1.82) is 0 Å². The molecule has 0 atom stereocenters. The van der Waals surface area contributed by atoms with E-state index in [0.29, 0.717) is 36.1 Å². The lowest BCUT2D eigenvalue weighted by Crippen LogP contribution is -2.34. The van der Waals surface area contributed by atoms with E-state index in [0.717, 1.165) is 18.5 Å². The van der Waals surface area contributed by atoms with Gasteiger partial charge < -0.3 is 14.6 Å². The van der Waals surface area contributed by atoms with E-state index >= 15 is 0 Å². The first-order valence-corrected chi connectivity index (χ1v) is 10.7. The van der Waals surface area contributed by atoms with Gasteiger partial charge in [-0.2, -0.15) is 0 Å². The van der Waals surface area contributed by atoms with Gasteiger partial charge in [0.1, 0.15) is 17.1 Å². The molecule has 0 saturated carbocycles. The van der Waals surface area contributed by atoms with Crippen LogP contribution in [0.5, 0.6) is 0 Å². The molecule has 2 aromatic heterocycles. The minimum Gasteiger partial charge on any atom is -0.467 e. The molecule has 0 fully saturated rings. The van der Waals surface area contributed by atoms with E-state index in [2.05, 4.69) is 39.5 Å². The second-order valence-corrected chi connectivity index (χ2v) is 8.00. The van der Waals surface area contributed by atoms with Gasteiger partial charge in [-0.15, -0.1) is 0 Å². The van der Waals surface area contributed by atoms with Crippen molar-refractivity contribution in [2.75, 3.05) is 11.4 Å². The average Bonchev–Trinajstić information content (AvgIpc) is 3.36. The number of aromatic nitrogens is 2. The molecule has 0 saturated heterocycles. The van der Waals surface area contributed by atoms with E-state index in [-0.39, 0.29) is 5.91 Å². The van der Waals surface area contributed by atoms with Crippen molar-refractivity contribution in [2.45, 2.75) is 26.4 Å². The van der Waals surface area contributed by atoms with Gasteiger partial charge >= 0.3 is 0 Å². The Hall–Kier alpha value is -3.93. The molecule has 0 aliphatic carbocycles. The van der Waals surface area contributed by atoms with Crippen LogP contribution in [0.4, 0.5) is 5.82 Å². The van der Waals surface area contributed by atoms with Gasteiger partial charge in [-0.3, -0.25) is 4.79 Å². The third-order valence-electron chi connectivity index (χ3n) is 5.76. The lowest BCUT2D eigenvalue weighted by atomic mass is 9.99. The van der Waals surface area contributed by atoms with Crippen LogP contribution >= 0.6 is 0 Å². The van der Waals surface area contributed by atoms with Crippen molar-refractivity contribution in [1.82, 2.24) is 15.3 Å². The van der Waals surface area contributed by atoms with E-state index in [4.69, 9.17) is 9.40 Å². The minimum atomic E-state index is -0.217. The van der Waals surface area contributed by atoms with Gasteiger partial charge in [0.25, 0.3) is 5.91 Å². The Morgan fingerprint density at radius 2 is 1.88 bits per heavy atom. The molecule has 160 valence electrons. The summed E-state index contributed by atoms with van der Waals surface area (Å²) in [6, 6.07) is 20.2. The number of fused-ring (bicyclic) bond motifs is 1. The topological polar surface area (TPSA) is 71.3 Å². The summed E-state index contributed by atoms with van der Waals surface area (Å²) in [5, 5.41) is 2.93. The summed E-state index contributed by atoms with van der Waals surface area (Å²) in [5.74, 6) is 1.75. The smallest absolute Gasteiger partial charge is 0.256 e. The van der Waals surface area contributed by atoms with Gasteiger partial charge in [0.2, 0.25) is 0 Å². The van der Waals surface area contributed by atoms with Crippen LogP contribution in [0.15, 0.2) is 77.5 Å². The summed E-state index contributed by atoms with van der Waals surface area (Å²) in [6.45, 7) is 3.86. The Kier molecular flexibility index (Phi) is 5.42. The molecule has 3 heterocycles. The number of anilines is 1. The normalized spacial score (nSPS) is 13.0. The number of carbonyl (C=O) groups is 1. The first-order valence-electron chi connectivity index (χ1n) is 10.7. The third-order valence-corrected chi connectivity index (χ3v) is 5.76. The zero-order valence-electron chi connectivity index (χ0n) is 17.9. The molecule has 0 unspecified atom stereocenters. The Balaban J connectivity index is 1.49. The Labute approximate surface area is 186 Å². The summed E-state index contributed by atoms with van der Waals surface area (Å²) < 4.78 is 5.34. The molecular weight excluding hydrogens is 400 g/mol. The first-order chi connectivity index (χ1) is 15.7. The van der Waals surface area contributed by atoms with E-state index in [9.17, 15) is 4.79 Å². The summed E-state index contributed by atoms with van der Waals surface area (Å²) in [7, 11) is 0. The van der Waals surface area contributed by atoms with Crippen molar-refractivity contribution < 1.29 is 9.21 Å². The van der Waals surface area contributed by atoms with Crippen LogP contribution in [0, 0.1) is 6.92 Å². The van der Waals surface area contributed by atoms with E-state index in [1.807, 2.05) is 37.3 Å². The van der Waals surface area contributed by atoms with Crippen LogP contribution in [0.1, 0.15) is 32.8 Å². The molecule has 6 nitrogen and oxygen atoms in total. The molecular formula is C26H24N4O2. The van der Waals surface area contributed by atoms with Crippen LogP contribution in [-0.4, -0.2) is 22.4 Å². The maximum absolute atomic E-state index is 13.1. The number of carbonyl (C=O) groups excluding carboxylic acids is 1. The van der Waals surface area contributed by atoms with E-state index in [1.54, 1.807) is 18.5 Å². The number of hydrogen-bond acceptors (Lipinski definition) is 5. The first kappa shape index (κ1) is 20.0. The van der Waals surface area contributed by atoms with Crippen LogP contribution in [0.3, 0.4) is 0 Å². The predicted molar refractivity (Wildman–Crippen MR) is 123 cm³/mol. The highest BCUT2D eigenvalue weighted by Gasteiger charge is 2.24. The molecule has 1 amide bonds. The Bertz CT molecular complexity index is 1230. The summed E-state index contributed by atoms with van der Waals surface area (Å²) in [5.41, 5.74) is 5.18. The van der Waals surface area contributed by atoms with Gasteiger partial charge in [-0.1, -0.05) is 54.1 Å². The van der Waals surface area contributed by atoms with Crippen molar-refractivity contribution in [2.24, 2.45) is 0 Å². The fourth-order valence-electron chi connectivity index (χ4n) is 3.97. The van der Waals surface area contributed by atoms with Gasteiger partial charge in [0.05, 0.1) is 12.8 Å². The zero-order valence-corrected chi connectivity index (χ0v) is 17.9. The molecule has 1 aliphatic heterocycles. The number of benzene rings is 2. The maximum Gasteiger partial charge on any atom is 0.256 e. The van der Waals surface area contributed by atoms with Gasteiger partial charge in [-0.05, 0) is 36.6 Å². The molecule has 1 aliphatic rings. The fourth-order valence-corrected chi connectivity index (χ4v) is 3.97. The minimum absolute atomic E-state index is 0.217. The molecule has 0 spiro atoms. The third kappa shape index (κ3) is 4.12. The predicted octanol–water partition coefficient (Wildman–Crippen LogP) is 4.54. The molecule has 2 aromatic carbocycles. The number of nitrogens with zero attached hydrogens (tertiary/aromatic N) is 3. The monoisotopic (exact) mass is 424 g/mol. The van der Waals surface area contributed by atoms with Gasteiger partial charge in [-0.25, -0.2) is 9.97 Å². The van der Waals surface area contributed by atoms with Crippen molar-refractivity contribution in [3.8, 4) is 11.4 Å². The van der Waals surface area contributed by atoms with Crippen LogP contribution in [-0.2, 0) is 19.5 Å². The number of nitrogens with one attached hydrogen (secondary N) is 1. The number of hydrogen-bond donors (Lipinski definition) is 1. The highest BCUT2D eigenvalue weighted by atomic mass is 16.3. The quantitative estimate of drug-likeness (QED) is 0.509. The van der Waals surface area contributed by atoms with Crippen LogP contribution < -0.4 is 10.2 Å². The number of aryl methyl sites for hydroxylation is 1. The molecule has 0 bridgehead atoms. The lowest BCUT2D eigenvalue weighted by molar-refractivity contribution is 0.0948. The average molecular weight is 425 g/mol. The fraction of sp³-hybridized carbons (Fsp3) is 0.192. The second kappa shape index (κ2) is 8.67. The molecule has 5 rings (SSSR count). The largest absolute Gasteiger partial charge is 0.467 e. The van der Waals surface area contributed by atoms with Gasteiger partial charge in [0, 0.05) is 24.8 Å². The second-order valence-electron chi connectivity index (χ2n) is 8.00. The molecule has 1 N–H and O–H groups in total. The van der Waals surface area contributed by atoms with Crippen LogP contribution in [0.2, 0.25) is 0 Å². The van der Waals surface area contributed by atoms with Gasteiger partial charge in [0.15, 0.2) is 5.82 Å².